The van der Waals surface area contributed by atoms with Crippen molar-refractivity contribution in [2.45, 2.75) is 39.3 Å². The van der Waals surface area contributed by atoms with Crippen LogP contribution < -0.4 is 10.6 Å². The van der Waals surface area contributed by atoms with Crippen LogP contribution in [0.5, 0.6) is 0 Å². The predicted molar refractivity (Wildman–Crippen MR) is 69.3 cm³/mol. The standard InChI is InChI=1S/C13H20N4O/c1-8-4-5-14-10(3)12(8)17-13(18)11-7-15-9(2)6-16-11/h6-8,10,12,14H,4-5H2,1-3H3,(H,17,18). The van der Waals surface area contributed by atoms with E-state index in [1.165, 1.54) is 6.20 Å². The molecular weight excluding hydrogens is 228 g/mol. The molecule has 3 unspecified atom stereocenters. The van der Waals surface area contributed by atoms with Gasteiger partial charge in [0.15, 0.2) is 0 Å². The first kappa shape index (κ1) is 13.0. The summed E-state index contributed by atoms with van der Waals surface area (Å²) in [6, 6.07) is 0.436. The van der Waals surface area contributed by atoms with Crippen LogP contribution in [-0.4, -0.2) is 34.5 Å². The van der Waals surface area contributed by atoms with Gasteiger partial charge in [0, 0.05) is 18.3 Å². The van der Waals surface area contributed by atoms with Crippen LogP contribution in [-0.2, 0) is 0 Å². The van der Waals surface area contributed by atoms with Gasteiger partial charge in [0.1, 0.15) is 5.69 Å². The highest BCUT2D eigenvalue weighted by molar-refractivity contribution is 5.92. The topological polar surface area (TPSA) is 66.9 Å². The van der Waals surface area contributed by atoms with Crippen molar-refractivity contribution in [3.63, 3.8) is 0 Å². The van der Waals surface area contributed by atoms with Crippen LogP contribution in [0, 0.1) is 12.8 Å². The zero-order chi connectivity index (χ0) is 13.1. The predicted octanol–water partition coefficient (Wildman–Crippen LogP) is 0.901. The highest BCUT2D eigenvalue weighted by Crippen LogP contribution is 2.16. The molecule has 1 aromatic heterocycles. The Balaban J connectivity index is 2.04. The maximum atomic E-state index is 12.1. The molecule has 0 spiro atoms. The fourth-order valence-corrected chi connectivity index (χ4v) is 2.34. The van der Waals surface area contributed by atoms with E-state index in [0.717, 1.165) is 18.7 Å². The van der Waals surface area contributed by atoms with Crippen LogP contribution in [0.4, 0.5) is 0 Å². The lowest BCUT2D eigenvalue weighted by Crippen LogP contribution is -2.56. The van der Waals surface area contributed by atoms with E-state index in [2.05, 4.69) is 34.4 Å². The molecule has 1 aliphatic rings. The molecule has 2 N–H and O–H groups in total. The number of nitrogens with zero attached hydrogens (tertiary/aromatic N) is 2. The Morgan fingerprint density at radius 2 is 2.17 bits per heavy atom. The van der Waals surface area contributed by atoms with E-state index < -0.39 is 0 Å². The van der Waals surface area contributed by atoms with Crippen molar-refractivity contribution >= 4 is 5.91 Å². The summed E-state index contributed by atoms with van der Waals surface area (Å²) < 4.78 is 0. The highest BCUT2D eigenvalue weighted by atomic mass is 16.2. The molecule has 1 amide bonds. The van der Waals surface area contributed by atoms with Crippen molar-refractivity contribution in [3.8, 4) is 0 Å². The van der Waals surface area contributed by atoms with Crippen molar-refractivity contribution < 1.29 is 4.79 Å². The summed E-state index contributed by atoms with van der Waals surface area (Å²) in [5, 5.41) is 6.43. The molecule has 0 saturated carbocycles. The van der Waals surface area contributed by atoms with Crippen molar-refractivity contribution in [1.82, 2.24) is 20.6 Å². The SMILES string of the molecule is Cc1cnc(C(=O)NC2C(C)CCNC2C)cn1. The summed E-state index contributed by atoms with van der Waals surface area (Å²) >= 11 is 0. The van der Waals surface area contributed by atoms with Crippen molar-refractivity contribution in [1.29, 1.82) is 0 Å². The van der Waals surface area contributed by atoms with E-state index in [1.54, 1.807) is 6.20 Å². The molecule has 0 bridgehead atoms. The minimum Gasteiger partial charge on any atom is -0.346 e. The molecule has 98 valence electrons. The van der Waals surface area contributed by atoms with Crippen molar-refractivity contribution in [2.24, 2.45) is 5.92 Å². The van der Waals surface area contributed by atoms with E-state index in [0.29, 0.717) is 11.6 Å². The third-order valence-electron chi connectivity index (χ3n) is 3.53. The summed E-state index contributed by atoms with van der Waals surface area (Å²) in [7, 11) is 0. The Kier molecular flexibility index (Phi) is 3.91. The Hall–Kier alpha value is -1.49. The van der Waals surface area contributed by atoms with Crippen LogP contribution in [0.1, 0.15) is 36.5 Å². The summed E-state index contributed by atoms with van der Waals surface area (Å²) in [6.07, 6.45) is 4.21. The summed E-state index contributed by atoms with van der Waals surface area (Å²) in [5.41, 5.74) is 1.19. The molecule has 1 aromatic rings. The maximum Gasteiger partial charge on any atom is 0.271 e. The summed E-state index contributed by atoms with van der Waals surface area (Å²) in [5.74, 6) is 0.332. The largest absolute Gasteiger partial charge is 0.346 e. The highest BCUT2D eigenvalue weighted by Gasteiger charge is 2.29. The Bertz CT molecular complexity index is 408. The number of carbonyl (C=O) groups excluding carboxylic acids is 1. The Labute approximate surface area is 107 Å². The smallest absolute Gasteiger partial charge is 0.271 e. The number of hydrogen-bond acceptors (Lipinski definition) is 4. The zero-order valence-corrected chi connectivity index (χ0v) is 11.1. The number of hydrogen-bond donors (Lipinski definition) is 2. The number of nitrogens with one attached hydrogen (secondary N) is 2. The molecule has 0 aromatic carbocycles. The summed E-state index contributed by atoms with van der Waals surface area (Å²) in [6.45, 7) is 7.13. The van der Waals surface area contributed by atoms with Crippen LogP contribution in [0.2, 0.25) is 0 Å². The molecule has 2 rings (SSSR count). The lowest BCUT2D eigenvalue weighted by atomic mass is 9.89. The molecule has 0 radical (unpaired) electrons. The van der Waals surface area contributed by atoms with Crippen LogP contribution in [0.15, 0.2) is 12.4 Å². The third kappa shape index (κ3) is 2.85. The fourth-order valence-electron chi connectivity index (χ4n) is 2.34. The fraction of sp³-hybridized carbons (Fsp3) is 0.615. The molecule has 3 atom stereocenters. The van der Waals surface area contributed by atoms with E-state index in [9.17, 15) is 4.79 Å². The third-order valence-corrected chi connectivity index (χ3v) is 3.53. The van der Waals surface area contributed by atoms with Crippen LogP contribution >= 0.6 is 0 Å². The van der Waals surface area contributed by atoms with E-state index in [1.807, 2.05) is 6.92 Å². The van der Waals surface area contributed by atoms with Gasteiger partial charge in [-0.2, -0.15) is 0 Å². The van der Waals surface area contributed by atoms with Gasteiger partial charge in [0.05, 0.1) is 11.9 Å². The monoisotopic (exact) mass is 248 g/mol. The second kappa shape index (κ2) is 5.44. The molecule has 1 saturated heterocycles. The number of piperidine rings is 1. The van der Waals surface area contributed by atoms with Crippen molar-refractivity contribution in [3.05, 3.63) is 23.8 Å². The Morgan fingerprint density at radius 3 is 2.78 bits per heavy atom. The van der Waals surface area contributed by atoms with Gasteiger partial charge in [-0.1, -0.05) is 6.92 Å². The van der Waals surface area contributed by atoms with E-state index in [-0.39, 0.29) is 18.0 Å². The van der Waals surface area contributed by atoms with Gasteiger partial charge in [0.2, 0.25) is 0 Å². The zero-order valence-electron chi connectivity index (χ0n) is 11.1. The number of amides is 1. The second-order valence-corrected chi connectivity index (χ2v) is 5.05. The maximum absolute atomic E-state index is 12.1. The molecule has 2 heterocycles. The van der Waals surface area contributed by atoms with E-state index in [4.69, 9.17) is 0 Å². The quantitative estimate of drug-likeness (QED) is 0.816. The lowest BCUT2D eigenvalue weighted by molar-refractivity contribution is 0.0892. The average Bonchev–Trinajstić information content (AvgIpc) is 2.34. The first-order chi connectivity index (χ1) is 8.58. The normalized spacial score (nSPS) is 27.8. The van der Waals surface area contributed by atoms with Gasteiger partial charge in [-0.15, -0.1) is 0 Å². The van der Waals surface area contributed by atoms with Crippen LogP contribution in [0.25, 0.3) is 0 Å². The first-order valence-electron chi connectivity index (χ1n) is 6.41. The van der Waals surface area contributed by atoms with Gasteiger partial charge in [-0.05, 0) is 32.7 Å². The average molecular weight is 248 g/mol. The number of rotatable bonds is 2. The number of aryl methyl sites for hydroxylation is 1. The molecule has 1 aliphatic heterocycles. The minimum atomic E-state index is -0.144. The Morgan fingerprint density at radius 1 is 1.39 bits per heavy atom. The molecule has 0 aliphatic carbocycles. The van der Waals surface area contributed by atoms with E-state index >= 15 is 0 Å². The molecule has 5 heteroatoms. The minimum absolute atomic E-state index is 0.144. The van der Waals surface area contributed by atoms with Gasteiger partial charge < -0.3 is 10.6 Å². The molecule has 18 heavy (non-hydrogen) atoms. The molecule has 5 nitrogen and oxygen atoms in total. The van der Waals surface area contributed by atoms with Gasteiger partial charge in [-0.25, -0.2) is 4.98 Å². The number of carbonyl (C=O) groups is 1. The molecule has 1 fully saturated rings. The van der Waals surface area contributed by atoms with Crippen molar-refractivity contribution in [2.75, 3.05) is 6.54 Å². The van der Waals surface area contributed by atoms with Gasteiger partial charge in [-0.3, -0.25) is 9.78 Å². The second-order valence-electron chi connectivity index (χ2n) is 5.05. The van der Waals surface area contributed by atoms with Crippen LogP contribution in [0.3, 0.4) is 0 Å². The van der Waals surface area contributed by atoms with Gasteiger partial charge >= 0.3 is 0 Å². The molecular formula is C13H20N4O. The first-order valence-corrected chi connectivity index (χ1v) is 6.41. The number of aromatic nitrogens is 2. The van der Waals surface area contributed by atoms with Gasteiger partial charge in [0.25, 0.3) is 5.91 Å². The lowest BCUT2D eigenvalue weighted by Gasteiger charge is -2.35. The summed E-state index contributed by atoms with van der Waals surface area (Å²) in [4.78, 5) is 20.3.